The highest BCUT2D eigenvalue weighted by Gasteiger charge is 2.14. The lowest BCUT2D eigenvalue weighted by atomic mass is 10.1. The van der Waals surface area contributed by atoms with Gasteiger partial charge in [0.2, 0.25) is 0 Å². The van der Waals surface area contributed by atoms with Gasteiger partial charge in [-0.05, 0) is 25.7 Å². The minimum atomic E-state index is -4.17. The molecule has 134 valence electrons. The number of carbonyl (C=O) groups is 2. The lowest BCUT2D eigenvalue weighted by molar-refractivity contribution is -0.137. The molecule has 0 heterocycles. The second-order valence-electron chi connectivity index (χ2n) is 5.33. The Morgan fingerprint density at radius 3 is 2.22 bits per heavy atom. The number of carbonyl (C=O) groups excluding carboxylic acids is 1. The lowest BCUT2D eigenvalue weighted by Gasteiger charge is -2.02. The molecule has 0 unspecified atom stereocenters. The summed E-state index contributed by atoms with van der Waals surface area (Å²) in [5.41, 5.74) is 0. The molecule has 0 saturated carbocycles. The van der Waals surface area contributed by atoms with Gasteiger partial charge in [0.25, 0.3) is 0 Å². The van der Waals surface area contributed by atoms with Gasteiger partial charge < -0.3 is 9.29 Å². The third kappa shape index (κ3) is 15.2. The molecule has 0 rings (SSSR count). The predicted octanol–water partition coefficient (Wildman–Crippen LogP) is 3.24. The average molecular weight is 349 g/mol. The summed E-state index contributed by atoms with van der Waals surface area (Å²) in [6.45, 7) is 2.04. The van der Waals surface area contributed by atoms with Crippen LogP contribution in [-0.4, -0.2) is 31.7 Å². The summed E-state index contributed by atoms with van der Waals surface area (Å²) in [6, 6.07) is 0. The third-order valence-corrected chi connectivity index (χ3v) is 3.91. The fraction of sp³-hybridized carbons (Fsp3) is 0.800. The number of carboxylic acid groups (broad SMARTS) is 1. The first-order valence-electron chi connectivity index (χ1n) is 8.10. The van der Waals surface area contributed by atoms with Crippen LogP contribution in [-0.2, 0) is 24.1 Å². The highest BCUT2D eigenvalue weighted by Crippen LogP contribution is 2.09. The van der Waals surface area contributed by atoms with Crippen molar-refractivity contribution < 1.29 is 27.3 Å². The van der Waals surface area contributed by atoms with Gasteiger partial charge in [-0.15, -0.1) is 4.40 Å². The van der Waals surface area contributed by atoms with Crippen LogP contribution in [0, 0.1) is 0 Å². The van der Waals surface area contributed by atoms with Gasteiger partial charge in [0.15, 0.2) is 0 Å². The van der Waals surface area contributed by atoms with Gasteiger partial charge >= 0.3 is 22.2 Å². The Kier molecular flexibility index (Phi) is 12.2. The minimum absolute atomic E-state index is 0.0174. The highest BCUT2D eigenvalue weighted by molar-refractivity contribution is 7.85. The fourth-order valence-corrected chi connectivity index (χ4v) is 2.54. The average Bonchev–Trinajstić information content (AvgIpc) is 2.45. The molecule has 0 aliphatic rings. The second-order valence-corrected chi connectivity index (χ2v) is 6.56. The zero-order valence-electron chi connectivity index (χ0n) is 13.7. The predicted molar refractivity (Wildman–Crippen MR) is 87.6 cm³/mol. The first-order chi connectivity index (χ1) is 10.9. The zero-order valence-corrected chi connectivity index (χ0v) is 14.5. The van der Waals surface area contributed by atoms with Crippen molar-refractivity contribution in [3.05, 3.63) is 0 Å². The Morgan fingerprint density at radius 2 is 1.61 bits per heavy atom. The van der Waals surface area contributed by atoms with Crippen molar-refractivity contribution in [3.63, 3.8) is 0 Å². The number of rotatable bonds is 14. The van der Waals surface area contributed by atoms with E-state index in [0.29, 0.717) is 19.3 Å². The van der Waals surface area contributed by atoms with Crippen molar-refractivity contribution in [1.29, 1.82) is 0 Å². The number of aliphatic carboxylic acids is 1. The van der Waals surface area contributed by atoms with Gasteiger partial charge in [0.1, 0.15) is 0 Å². The van der Waals surface area contributed by atoms with E-state index in [9.17, 15) is 18.0 Å². The quantitative estimate of drug-likeness (QED) is 0.381. The lowest BCUT2D eigenvalue weighted by Crippen LogP contribution is -2.10. The minimum Gasteiger partial charge on any atom is -0.481 e. The number of nitrogens with zero attached hydrogens (tertiary/aromatic N) is 1. The molecule has 1 N–H and O–H groups in total. The summed E-state index contributed by atoms with van der Waals surface area (Å²) < 4.78 is 30.5. The van der Waals surface area contributed by atoms with E-state index >= 15 is 0 Å². The molecule has 7 nitrogen and oxygen atoms in total. The maximum absolute atomic E-state index is 11.4. The van der Waals surface area contributed by atoms with Crippen molar-refractivity contribution >= 4 is 28.5 Å². The van der Waals surface area contributed by atoms with Crippen LogP contribution in [0.25, 0.3) is 0 Å². The molecule has 0 saturated heterocycles. The summed E-state index contributed by atoms with van der Waals surface area (Å²) in [5, 5.41) is 8.47. The molecule has 0 aliphatic heterocycles. The molecule has 0 aromatic heterocycles. The van der Waals surface area contributed by atoms with Crippen LogP contribution in [0.5, 0.6) is 0 Å². The fourth-order valence-electron chi connectivity index (χ4n) is 1.89. The van der Waals surface area contributed by atoms with Crippen LogP contribution in [0.2, 0.25) is 0 Å². The Bertz CT molecular complexity index is 472. The van der Waals surface area contributed by atoms with Crippen molar-refractivity contribution in [1.82, 2.24) is 0 Å². The largest absolute Gasteiger partial charge is 0.481 e. The van der Waals surface area contributed by atoms with E-state index in [1.54, 1.807) is 0 Å². The molecule has 0 atom stereocenters. The first kappa shape index (κ1) is 21.6. The molecule has 0 bridgehead atoms. The van der Waals surface area contributed by atoms with E-state index < -0.39 is 22.2 Å². The molecule has 23 heavy (non-hydrogen) atoms. The molecule has 0 aromatic carbocycles. The number of hydrogen-bond donors (Lipinski definition) is 1. The molecular weight excluding hydrogens is 322 g/mol. The van der Waals surface area contributed by atoms with Gasteiger partial charge in [-0.25, -0.2) is 0 Å². The molecule has 8 heteroatoms. The molecule has 0 amide bonds. The summed E-state index contributed by atoms with van der Waals surface area (Å²) in [4.78, 5) is 21.7. The molecular formula is C15H27NO6S. The van der Waals surface area contributed by atoms with E-state index in [4.69, 9.17) is 5.11 Å². The van der Waals surface area contributed by atoms with Crippen LogP contribution >= 0.6 is 0 Å². The van der Waals surface area contributed by atoms with Crippen molar-refractivity contribution in [3.8, 4) is 0 Å². The van der Waals surface area contributed by atoms with E-state index in [0.717, 1.165) is 38.5 Å². The summed E-state index contributed by atoms with van der Waals surface area (Å²) in [5.74, 6) is -1.62. The van der Waals surface area contributed by atoms with Gasteiger partial charge in [-0.2, -0.15) is 8.42 Å². The van der Waals surface area contributed by atoms with Crippen LogP contribution in [0.3, 0.4) is 0 Å². The van der Waals surface area contributed by atoms with E-state index in [-0.39, 0.29) is 12.8 Å². The molecule has 0 radical (unpaired) electrons. The van der Waals surface area contributed by atoms with E-state index in [1.807, 2.05) is 6.92 Å². The normalized spacial score (nSPS) is 11.7. The molecule has 0 spiro atoms. The van der Waals surface area contributed by atoms with Gasteiger partial charge in [0.05, 0.1) is 0 Å². The summed E-state index contributed by atoms with van der Waals surface area (Å²) >= 11 is 0. The van der Waals surface area contributed by atoms with E-state index in [1.165, 1.54) is 6.21 Å². The van der Waals surface area contributed by atoms with Gasteiger partial charge in [-0.1, -0.05) is 39.0 Å². The third-order valence-electron chi connectivity index (χ3n) is 3.11. The Labute approximate surface area is 138 Å². The summed E-state index contributed by atoms with van der Waals surface area (Å²) in [6.07, 6.45) is 8.31. The topological polar surface area (TPSA) is 110 Å². The number of hydrogen-bond acceptors (Lipinski definition) is 5. The SMILES string of the molecule is CCCCCC=NS(=O)(=O)OC(=O)CCCCCCCC(=O)O. The van der Waals surface area contributed by atoms with Crippen LogP contribution < -0.4 is 0 Å². The van der Waals surface area contributed by atoms with E-state index in [2.05, 4.69) is 8.58 Å². The maximum atomic E-state index is 11.4. The Balaban J connectivity index is 3.76. The Hall–Kier alpha value is -1.44. The zero-order chi connectivity index (χ0) is 17.6. The van der Waals surface area contributed by atoms with Gasteiger partial charge in [-0.3, -0.25) is 9.59 Å². The number of carboxylic acids is 1. The monoisotopic (exact) mass is 349 g/mol. The maximum Gasteiger partial charge on any atom is 0.430 e. The van der Waals surface area contributed by atoms with Crippen molar-refractivity contribution in [2.24, 2.45) is 4.40 Å². The second kappa shape index (κ2) is 13.0. The summed E-state index contributed by atoms with van der Waals surface area (Å²) in [7, 11) is -4.17. The first-order valence-corrected chi connectivity index (χ1v) is 9.46. The van der Waals surface area contributed by atoms with Crippen LogP contribution in [0.1, 0.15) is 77.6 Å². The highest BCUT2D eigenvalue weighted by atomic mass is 32.2. The molecule has 0 aliphatic carbocycles. The standard InChI is InChI=1S/C15H27NO6S/c1-2-3-4-10-13-16-23(20,21)22-15(19)12-9-7-5-6-8-11-14(17)18/h13H,2-12H2,1H3,(H,17,18). The van der Waals surface area contributed by atoms with Gasteiger partial charge in [0, 0.05) is 19.1 Å². The van der Waals surface area contributed by atoms with Crippen LogP contribution in [0.15, 0.2) is 4.40 Å². The molecule has 0 fully saturated rings. The number of unbranched alkanes of at least 4 members (excludes halogenated alkanes) is 7. The molecule has 0 aromatic rings. The van der Waals surface area contributed by atoms with Crippen LogP contribution in [0.4, 0.5) is 0 Å². The van der Waals surface area contributed by atoms with Crippen molar-refractivity contribution in [2.75, 3.05) is 0 Å². The smallest absolute Gasteiger partial charge is 0.430 e. The van der Waals surface area contributed by atoms with Crippen molar-refractivity contribution in [2.45, 2.75) is 77.6 Å². The Morgan fingerprint density at radius 1 is 1.00 bits per heavy atom.